The van der Waals surface area contributed by atoms with Gasteiger partial charge in [-0.15, -0.1) is 13.2 Å². The summed E-state index contributed by atoms with van der Waals surface area (Å²) < 4.78 is 45.7. The van der Waals surface area contributed by atoms with Gasteiger partial charge in [0.1, 0.15) is 11.6 Å². The maximum absolute atomic E-state index is 12.2. The number of rotatable bonds is 8. The van der Waals surface area contributed by atoms with Crippen LogP contribution in [0.2, 0.25) is 0 Å². The summed E-state index contributed by atoms with van der Waals surface area (Å²) in [7, 11) is 1.47. The number of aliphatic hydroxyl groups excluding tert-OH is 1. The summed E-state index contributed by atoms with van der Waals surface area (Å²) in [6, 6.07) is 15.0. The van der Waals surface area contributed by atoms with Gasteiger partial charge in [-0.05, 0) is 35.7 Å². The minimum Gasteiger partial charge on any atom is -0.467 e. The SMILES string of the molecule is COc1nc(NCCc2ccc(OC(F)(F)F)cc2)cc(-c2cccc(CO)c2)n1. The molecule has 0 radical (unpaired) electrons. The van der Waals surface area contributed by atoms with Crippen LogP contribution in [0.25, 0.3) is 11.3 Å². The van der Waals surface area contributed by atoms with Gasteiger partial charge < -0.3 is 19.9 Å². The second kappa shape index (κ2) is 9.45. The molecule has 0 aliphatic heterocycles. The number of benzene rings is 2. The number of nitrogens with zero attached hydrogens (tertiary/aromatic N) is 2. The van der Waals surface area contributed by atoms with E-state index in [0.29, 0.717) is 24.5 Å². The van der Waals surface area contributed by atoms with Gasteiger partial charge in [-0.3, -0.25) is 0 Å². The topological polar surface area (TPSA) is 76.5 Å². The first-order valence-corrected chi connectivity index (χ1v) is 9.08. The standard InChI is InChI=1S/C21H20F3N3O3/c1-29-20-26-18(16-4-2-3-15(11-16)13-28)12-19(27-20)25-10-9-14-5-7-17(8-6-14)30-21(22,23)24/h2-8,11-12,28H,9-10,13H2,1H3,(H,25,26,27). The lowest BCUT2D eigenvalue weighted by atomic mass is 10.1. The zero-order chi connectivity index (χ0) is 21.6. The van der Waals surface area contributed by atoms with E-state index in [2.05, 4.69) is 20.0 Å². The van der Waals surface area contributed by atoms with Crippen LogP contribution in [0.3, 0.4) is 0 Å². The first-order valence-electron chi connectivity index (χ1n) is 9.08. The van der Waals surface area contributed by atoms with Crippen molar-refractivity contribution < 1.29 is 27.8 Å². The molecule has 2 aromatic carbocycles. The predicted octanol–water partition coefficient (Wildman–Crippen LogP) is 4.20. The van der Waals surface area contributed by atoms with Gasteiger partial charge in [-0.1, -0.05) is 30.3 Å². The van der Waals surface area contributed by atoms with Crippen LogP contribution in [0.1, 0.15) is 11.1 Å². The Hall–Kier alpha value is -3.33. The van der Waals surface area contributed by atoms with E-state index >= 15 is 0 Å². The third-order valence-corrected chi connectivity index (χ3v) is 4.17. The Labute approximate surface area is 171 Å². The fourth-order valence-electron chi connectivity index (χ4n) is 2.78. The van der Waals surface area contributed by atoms with Gasteiger partial charge in [0.2, 0.25) is 0 Å². The van der Waals surface area contributed by atoms with Crippen molar-refractivity contribution in [3.8, 4) is 23.0 Å². The van der Waals surface area contributed by atoms with E-state index in [1.165, 1.54) is 19.2 Å². The number of hydrogen-bond donors (Lipinski definition) is 2. The molecule has 0 aliphatic rings. The summed E-state index contributed by atoms with van der Waals surface area (Å²) in [5, 5.41) is 12.5. The van der Waals surface area contributed by atoms with Gasteiger partial charge >= 0.3 is 12.4 Å². The number of nitrogens with one attached hydrogen (secondary N) is 1. The zero-order valence-corrected chi connectivity index (χ0v) is 16.1. The van der Waals surface area contributed by atoms with Crippen molar-refractivity contribution in [1.29, 1.82) is 0 Å². The van der Waals surface area contributed by atoms with Crippen LogP contribution in [0, 0.1) is 0 Å². The number of halogens is 3. The molecule has 0 spiro atoms. The second-order valence-corrected chi connectivity index (χ2v) is 6.35. The van der Waals surface area contributed by atoms with E-state index in [9.17, 15) is 18.3 Å². The molecule has 0 atom stereocenters. The highest BCUT2D eigenvalue weighted by Crippen LogP contribution is 2.24. The molecule has 3 aromatic rings. The molecule has 0 saturated heterocycles. The molecule has 0 bridgehead atoms. The lowest BCUT2D eigenvalue weighted by molar-refractivity contribution is -0.274. The van der Waals surface area contributed by atoms with Gasteiger partial charge in [0.15, 0.2) is 0 Å². The molecule has 2 N–H and O–H groups in total. The number of ether oxygens (including phenoxy) is 2. The normalized spacial score (nSPS) is 11.2. The molecule has 158 valence electrons. The molecule has 3 rings (SSSR count). The van der Waals surface area contributed by atoms with Crippen molar-refractivity contribution >= 4 is 5.82 Å². The van der Waals surface area contributed by atoms with E-state index in [1.807, 2.05) is 24.3 Å². The summed E-state index contributed by atoms with van der Waals surface area (Å²) >= 11 is 0. The third-order valence-electron chi connectivity index (χ3n) is 4.17. The smallest absolute Gasteiger partial charge is 0.467 e. The van der Waals surface area contributed by atoms with E-state index < -0.39 is 6.36 Å². The fourth-order valence-corrected chi connectivity index (χ4v) is 2.78. The molecule has 0 fully saturated rings. The van der Waals surface area contributed by atoms with Crippen LogP contribution in [-0.2, 0) is 13.0 Å². The van der Waals surface area contributed by atoms with Crippen molar-refractivity contribution in [2.75, 3.05) is 19.0 Å². The molecule has 30 heavy (non-hydrogen) atoms. The molecule has 9 heteroatoms. The minimum atomic E-state index is -4.70. The van der Waals surface area contributed by atoms with Gasteiger partial charge in [0.25, 0.3) is 0 Å². The number of aliphatic hydroxyl groups is 1. The first kappa shape index (κ1) is 21.4. The molecular weight excluding hydrogens is 399 g/mol. The molecule has 0 saturated carbocycles. The Bertz CT molecular complexity index is 979. The maximum atomic E-state index is 12.2. The molecule has 0 aliphatic carbocycles. The Kier molecular flexibility index (Phi) is 6.73. The van der Waals surface area contributed by atoms with Crippen molar-refractivity contribution in [2.24, 2.45) is 0 Å². The van der Waals surface area contributed by atoms with Gasteiger partial charge in [0.05, 0.1) is 19.4 Å². The number of anilines is 1. The van der Waals surface area contributed by atoms with E-state index in [4.69, 9.17) is 4.74 Å². The number of alkyl halides is 3. The van der Waals surface area contributed by atoms with Crippen molar-refractivity contribution in [3.05, 3.63) is 65.7 Å². The van der Waals surface area contributed by atoms with Gasteiger partial charge in [-0.25, -0.2) is 0 Å². The van der Waals surface area contributed by atoms with Crippen LogP contribution in [0.5, 0.6) is 11.8 Å². The Morgan fingerprint density at radius 1 is 1.00 bits per heavy atom. The average Bonchev–Trinajstić information content (AvgIpc) is 2.73. The van der Waals surface area contributed by atoms with E-state index in [-0.39, 0.29) is 18.4 Å². The highest BCUT2D eigenvalue weighted by Gasteiger charge is 2.30. The monoisotopic (exact) mass is 419 g/mol. The number of hydrogen-bond acceptors (Lipinski definition) is 6. The minimum absolute atomic E-state index is 0.0754. The maximum Gasteiger partial charge on any atom is 0.573 e. The number of methoxy groups -OCH3 is 1. The van der Waals surface area contributed by atoms with Crippen molar-refractivity contribution in [3.63, 3.8) is 0 Å². The molecule has 6 nitrogen and oxygen atoms in total. The van der Waals surface area contributed by atoms with Crippen LogP contribution >= 0.6 is 0 Å². The van der Waals surface area contributed by atoms with E-state index in [0.717, 1.165) is 16.7 Å². The van der Waals surface area contributed by atoms with Crippen LogP contribution in [0.4, 0.5) is 19.0 Å². The third kappa shape index (κ3) is 6.08. The largest absolute Gasteiger partial charge is 0.573 e. The Morgan fingerprint density at radius 2 is 1.77 bits per heavy atom. The molecule has 1 aromatic heterocycles. The summed E-state index contributed by atoms with van der Waals surface area (Å²) in [5.41, 5.74) is 3.05. The van der Waals surface area contributed by atoms with Gasteiger partial charge in [0, 0.05) is 18.2 Å². The van der Waals surface area contributed by atoms with E-state index in [1.54, 1.807) is 18.2 Å². The molecule has 0 amide bonds. The number of aromatic nitrogens is 2. The highest BCUT2D eigenvalue weighted by atomic mass is 19.4. The summed E-state index contributed by atoms with van der Waals surface area (Å²) in [6.07, 6.45) is -4.14. The van der Waals surface area contributed by atoms with Crippen molar-refractivity contribution in [1.82, 2.24) is 9.97 Å². The van der Waals surface area contributed by atoms with Crippen LogP contribution in [-0.4, -0.2) is 35.1 Å². The quantitative estimate of drug-likeness (QED) is 0.570. The Morgan fingerprint density at radius 3 is 2.43 bits per heavy atom. The molecule has 1 heterocycles. The molecule has 0 unspecified atom stereocenters. The highest BCUT2D eigenvalue weighted by molar-refractivity contribution is 5.63. The summed E-state index contributed by atoms with van der Waals surface area (Å²) in [4.78, 5) is 8.61. The Balaban J connectivity index is 1.66. The lowest BCUT2D eigenvalue weighted by Crippen LogP contribution is -2.17. The summed E-state index contributed by atoms with van der Waals surface area (Å²) in [6.45, 7) is 0.420. The van der Waals surface area contributed by atoms with Crippen LogP contribution < -0.4 is 14.8 Å². The predicted molar refractivity (Wildman–Crippen MR) is 105 cm³/mol. The van der Waals surface area contributed by atoms with Gasteiger partial charge in [-0.2, -0.15) is 9.97 Å². The average molecular weight is 419 g/mol. The summed E-state index contributed by atoms with van der Waals surface area (Å²) in [5.74, 6) is 0.290. The zero-order valence-electron chi connectivity index (χ0n) is 16.1. The molecular formula is C21H20F3N3O3. The lowest BCUT2D eigenvalue weighted by Gasteiger charge is -2.11. The first-order chi connectivity index (χ1) is 14.4. The second-order valence-electron chi connectivity index (χ2n) is 6.35. The van der Waals surface area contributed by atoms with Crippen LogP contribution in [0.15, 0.2) is 54.6 Å². The van der Waals surface area contributed by atoms with Crippen molar-refractivity contribution in [2.45, 2.75) is 19.4 Å². The fraction of sp³-hybridized carbons (Fsp3) is 0.238.